The fraction of sp³-hybridized carbons (Fsp3) is 0.146. The molecule has 7 rings (SSSR count). The molecule has 0 heterocycles. The van der Waals surface area contributed by atoms with E-state index >= 15 is 0 Å². The van der Waals surface area contributed by atoms with Gasteiger partial charge in [-0.1, -0.05) is 60.4 Å². The predicted molar refractivity (Wildman–Crippen MR) is 181 cm³/mol. The van der Waals surface area contributed by atoms with Crippen LogP contribution in [-0.4, -0.2) is 3.21 Å². The van der Waals surface area contributed by atoms with Crippen molar-refractivity contribution in [2.24, 2.45) is 0 Å². The SMILES string of the molecule is CCc1ccc2c(c1)[cH-]c1cc(CC)ccc12.Cc1cc2cc[cH-]c2cc1C.[Zr+2]=[C](c1ccccc1)c1ccccc1. The standard InChI is InChI=1S/C17H17.C13H10.C11H11.Zr/c1-3-12-5-7-16-14(9-12)11-15-10-13(4-2)6-8-17(15)16;1-3-7-12(8-4-1)11-13-9-5-2-6-10-13;1-8-6-10-4-3-5-11(10)7-9(8)2;/h5-11H,3-4H2,1-2H3;1-10H;3-7H,1-2H3;/q-1;;-1;+2. The Balaban J connectivity index is 0.000000129. The minimum atomic E-state index is 1.11. The van der Waals surface area contributed by atoms with Crippen molar-refractivity contribution in [1.29, 1.82) is 0 Å². The Kier molecular flexibility index (Phi) is 9.94. The van der Waals surface area contributed by atoms with Crippen molar-refractivity contribution >= 4 is 35.5 Å². The van der Waals surface area contributed by atoms with E-state index in [0.29, 0.717) is 0 Å². The third-order valence-electron chi connectivity index (χ3n) is 8.03. The summed E-state index contributed by atoms with van der Waals surface area (Å²) in [4.78, 5) is 0. The van der Waals surface area contributed by atoms with Crippen molar-refractivity contribution in [3.05, 3.63) is 167 Å². The van der Waals surface area contributed by atoms with Gasteiger partial charge in [0.15, 0.2) is 0 Å². The van der Waals surface area contributed by atoms with E-state index in [2.05, 4.69) is 161 Å². The summed E-state index contributed by atoms with van der Waals surface area (Å²) in [5, 5.41) is 8.25. The Labute approximate surface area is 265 Å². The van der Waals surface area contributed by atoms with Crippen molar-refractivity contribution in [1.82, 2.24) is 0 Å². The van der Waals surface area contributed by atoms with Crippen molar-refractivity contribution < 1.29 is 24.2 Å². The molecule has 0 aliphatic heterocycles. The van der Waals surface area contributed by atoms with Gasteiger partial charge in [0.2, 0.25) is 0 Å². The normalized spacial score (nSPS) is 10.7. The van der Waals surface area contributed by atoms with E-state index in [0.717, 1.165) is 12.8 Å². The summed E-state index contributed by atoms with van der Waals surface area (Å²) in [6.45, 7) is 8.72. The zero-order valence-corrected chi connectivity index (χ0v) is 27.6. The van der Waals surface area contributed by atoms with Crippen LogP contribution < -0.4 is 0 Å². The molecule has 0 saturated heterocycles. The third-order valence-corrected chi connectivity index (χ3v) is 9.44. The van der Waals surface area contributed by atoms with Gasteiger partial charge >= 0.3 is 99.2 Å². The van der Waals surface area contributed by atoms with Gasteiger partial charge in [0.25, 0.3) is 0 Å². The van der Waals surface area contributed by atoms with E-state index < -0.39 is 0 Å². The van der Waals surface area contributed by atoms with Gasteiger partial charge in [0, 0.05) is 0 Å². The van der Waals surface area contributed by atoms with Crippen LogP contribution in [0.25, 0.3) is 32.3 Å². The molecule has 0 atom stereocenters. The maximum absolute atomic E-state index is 2.32. The molecule has 0 unspecified atom stereocenters. The first-order chi connectivity index (χ1) is 20.5. The number of hydrogen-bond acceptors (Lipinski definition) is 0. The molecule has 0 saturated carbocycles. The second kappa shape index (κ2) is 14.0. The summed E-state index contributed by atoms with van der Waals surface area (Å²) in [5.74, 6) is 0. The topological polar surface area (TPSA) is 0 Å². The van der Waals surface area contributed by atoms with Gasteiger partial charge in [-0.3, -0.25) is 0 Å². The molecule has 206 valence electrons. The molecule has 0 N–H and O–H groups in total. The molecule has 0 spiro atoms. The third kappa shape index (κ3) is 7.03. The zero-order chi connectivity index (χ0) is 29.5. The Bertz CT molecular complexity index is 1780. The van der Waals surface area contributed by atoms with Crippen molar-refractivity contribution in [3.63, 3.8) is 0 Å². The van der Waals surface area contributed by atoms with Gasteiger partial charge in [0.05, 0.1) is 0 Å². The molecule has 0 nitrogen and oxygen atoms in total. The Morgan fingerprint density at radius 1 is 0.571 bits per heavy atom. The molecule has 0 amide bonds. The van der Waals surface area contributed by atoms with Gasteiger partial charge in [0.1, 0.15) is 0 Å². The van der Waals surface area contributed by atoms with E-state index in [1.54, 1.807) is 0 Å². The second-order valence-electron chi connectivity index (χ2n) is 10.9. The van der Waals surface area contributed by atoms with E-state index in [-0.39, 0.29) is 0 Å². The zero-order valence-electron chi connectivity index (χ0n) is 25.1. The summed E-state index contributed by atoms with van der Waals surface area (Å²) in [6, 6.07) is 48.0. The molecular formula is C41H38Zr. The van der Waals surface area contributed by atoms with Crippen LogP contribution in [0.5, 0.6) is 0 Å². The summed E-state index contributed by atoms with van der Waals surface area (Å²) in [6.07, 6.45) is 2.22. The average molecular weight is 622 g/mol. The Hall–Kier alpha value is -3.67. The number of benzene rings is 5. The first kappa shape index (κ1) is 29.8. The maximum atomic E-state index is 2.32. The van der Waals surface area contributed by atoms with Gasteiger partial charge in [-0.05, 0) is 26.7 Å². The number of fused-ring (bicyclic) bond motifs is 4. The van der Waals surface area contributed by atoms with Crippen LogP contribution in [0.4, 0.5) is 0 Å². The minimum absolute atomic E-state index is 1.11. The monoisotopic (exact) mass is 620 g/mol. The first-order valence-electron chi connectivity index (χ1n) is 14.9. The molecule has 7 aromatic rings. The van der Waals surface area contributed by atoms with Gasteiger partial charge in [-0.15, -0.1) is 68.7 Å². The Morgan fingerprint density at radius 3 is 1.57 bits per heavy atom. The summed E-state index contributed by atoms with van der Waals surface area (Å²) >= 11 is 1.46. The van der Waals surface area contributed by atoms with Crippen LogP contribution in [0.3, 0.4) is 0 Å². The van der Waals surface area contributed by atoms with Crippen LogP contribution in [0, 0.1) is 13.8 Å². The fourth-order valence-electron chi connectivity index (χ4n) is 5.34. The molecule has 0 aromatic heterocycles. The van der Waals surface area contributed by atoms with Crippen LogP contribution in [-0.2, 0) is 37.1 Å². The molecular weight excluding hydrogens is 584 g/mol. The predicted octanol–water partition coefficient (Wildman–Crippen LogP) is 10.8. The quantitative estimate of drug-likeness (QED) is 0.172. The van der Waals surface area contributed by atoms with E-state index in [1.807, 2.05) is 0 Å². The molecule has 0 fully saturated rings. The van der Waals surface area contributed by atoms with Crippen molar-refractivity contribution in [2.75, 3.05) is 0 Å². The molecule has 0 radical (unpaired) electrons. The van der Waals surface area contributed by atoms with Gasteiger partial charge in [-0.2, -0.15) is 12.1 Å². The summed E-state index contributed by atoms with van der Waals surface area (Å²) in [5.41, 5.74) is 8.26. The van der Waals surface area contributed by atoms with E-state index in [9.17, 15) is 0 Å². The van der Waals surface area contributed by atoms with Crippen molar-refractivity contribution in [3.8, 4) is 0 Å². The van der Waals surface area contributed by atoms with Crippen LogP contribution in [0.2, 0.25) is 0 Å². The molecule has 0 aliphatic rings. The summed E-state index contributed by atoms with van der Waals surface area (Å²) < 4.78 is 1.42. The van der Waals surface area contributed by atoms with Gasteiger partial charge < -0.3 is 0 Å². The van der Waals surface area contributed by atoms with E-state index in [4.69, 9.17) is 0 Å². The molecule has 1 heteroatoms. The molecule has 42 heavy (non-hydrogen) atoms. The van der Waals surface area contributed by atoms with Crippen molar-refractivity contribution in [2.45, 2.75) is 40.5 Å². The van der Waals surface area contributed by atoms with Crippen LogP contribution in [0.1, 0.15) is 47.2 Å². The molecule has 0 aliphatic carbocycles. The average Bonchev–Trinajstić information content (AvgIpc) is 3.65. The second-order valence-corrected chi connectivity index (χ2v) is 12.1. The van der Waals surface area contributed by atoms with E-state index in [1.165, 1.54) is 93.1 Å². The fourth-order valence-corrected chi connectivity index (χ4v) is 6.16. The Morgan fingerprint density at radius 2 is 1.07 bits per heavy atom. The number of aryl methyl sites for hydroxylation is 4. The van der Waals surface area contributed by atoms with Crippen LogP contribution >= 0.6 is 0 Å². The first-order valence-corrected chi connectivity index (χ1v) is 16.1. The number of hydrogen-bond donors (Lipinski definition) is 0. The number of rotatable bonds is 4. The summed E-state index contributed by atoms with van der Waals surface area (Å²) in [7, 11) is 0. The molecule has 0 bridgehead atoms. The van der Waals surface area contributed by atoms with Gasteiger partial charge in [-0.25, -0.2) is 0 Å². The van der Waals surface area contributed by atoms with Crippen LogP contribution in [0.15, 0.2) is 133 Å². The molecule has 7 aromatic carbocycles.